The van der Waals surface area contributed by atoms with E-state index < -0.39 is 17.8 Å². The maximum Gasteiger partial charge on any atom is 0.409 e. The minimum Gasteiger partial charge on any atom is -0.453 e. The van der Waals surface area contributed by atoms with Crippen LogP contribution in [0.5, 0.6) is 0 Å². The largest absolute Gasteiger partial charge is 0.453 e. The average Bonchev–Trinajstić information content (AvgIpc) is 2.28. The molecule has 2 amide bonds. The molecule has 0 bridgehead atoms. The van der Waals surface area contributed by atoms with Crippen LogP contribution in [0.2, 0.25) is 0 Å². The molecule has 19 heavy (non-hydrogen) atoms. The lowest BCUT2D eigenvalue weighted by molar-refractivity contribution is 0.0450. The number of rotatable bonds is 1. The standard InChI is InChI=1S/C12H23N3O4/c1-12(2,3)19-10(16)14-9-7-15(11(17)18-4)6-5-8(9)13/h8-9H,5-7,13H2,1-4H3,(H,14,16). The molecule has 0 aromatic heterocycles. The first-order chi connectivity index (χ1) is 8.73. The van der Waals surface area contributed by atoms with Crippen LogP contribution in [0.15, 0.2) is 0 Å². The number of amides is 2. The molecule has 1 heterocycles. The van der Waals surface area contributed by atoms with Gasteiger partial charge in [-0.15, -0.1) is 0 Å². The van der Waals surface area contributed by atoms with Gasteiger partial charge < -0.3 is 25.4 Å². The van der Waals surface area contributed by atoms with Gasteiger partial charge in [0.1, 0.15) is 5.60 Å². The Morgan fingerprint density at radius 2 is 2.00 bits per heavy atom. The molecule has 0 radical (unpaired) electrons. The zero-order valence-corrected chi connectivity index (χ0v) is 11.9. The molecule has 0 aliphatic carbocycles. The zero-order valence-electron chi connectivity index (χ0n) is 11.9. The first-order valence-electron chi connectivity index (χ1n) is 6.31. The van der Waals surface area contributed by atoms with Crippen molar-refractivity contribution in [3.05, 3.63) is 0 Å². The van der Waals surface area contributed by atoms with Gasteiger partial charge in [-0.25, -0.2) is 9.59 Å². The highest BCUT2D eigenvalue weighted by Gasteiger charge is 2.31. The number of nitrogens with two attached hydrogens (primary N) is 1. The Bertz CT molecular complexity index is 340. The Morgan fingerprint density at radius 1 is 1.37 bits per heavy atom. The van der Waals surface area contributed by atoms with Crippen molar-refractivity contribution >= 4 is 12.2 Å². The van der Waals surface area contributed by atoms with Gasteiger partial charge in [0.15, 0.2) is 0 Å². The van der Waals surface area contributed by atoms with Gasteiger partial charge in [-0.05, 0) is 27.2 Å². The van der Waals surface area contributed by atoms with Gasteiger partial charge in [0, 0.05) is 19.1 Å². The van der Waals surface area contributed by atoms with Gasteiger partial charge in [0.2, 0.25) is 0 Å². The van der Waals surface area contributed by atoms with E-state index in [0.717, 1.165) is 0 Å². The van der Waals surface area contributed by atoms with Crippen LogP contribution in [0.3, 0.4) is 0 Å². The van der Waals surface area contributed by atoms with Gasteiger partial charge in [0.05, 0.1) is 13.2 Å². The number of piperidine rings is 1. The summed E-state index contributed by atoms with van der Waals surface area (Å²) in [6.45, 7) is 6.21. The summed E-state index contributed by atoms with van der Waals surface area (Å²) in [6.07, 6.45) is -0.335. The third-order valence-corrected chi connectivity index (χ3v) is 2.80. The zero-order chi connectivity index (χ0) is 14.6. The molecule has 1 rings (SSSR count). The van der Waals surface area contributed by atoms with E-state index in [1.165, 1.54) is 12.0 Å². The van der Waals surface area contributed by atoms with Crippen LogP contribution in [-0.2, 0) is 9.47 Å². The summed E-state index contributed by atoms with van der Waals surface area (Å²) in [5.41, 5.74) is 5.38. The highest BCUT2D eigenvalue weighted by atomic mass is 16.6. The lowest BCUT2D eigenvalue weighted by atomic mass is 10.0. The number of likely N-dealkylation sites (tertiary alicyclic amines) is 1. The van der Waals surface area contributed by atoms with Gasteiger partial charge >= 0.3 is 12.2 Å². The second-order valence-electron chi connectivity index (χ2n) is 5.62. The first-order valence-corrected chi connectivity index (χ1v) is 6.31. The Kier molecular flexibility index (Phi) is 4.99. The summed E-state index contributed by atoms with van der Waals surface area (Å²) < 4.78 is 9.83. The monoisotopic (exact) mass is 273 g/mol. The Hall–Kier alpha value is -1.50. The number of ether oxygens (including phenoxy) is 2. The van der Waals surface area contributed by atoms with Gasteiger partial charge in [0.25, 0.3) is 0 Å². The maximum atomic E-state index is 11.7. The van der Waals surface area contributed by atoms with Crippen molar-refractivity contribution in [1.29, 1.82) is 0 Å². The number of nitrogens with one attached hydrogen (secondary N) is 1. The van der Waals surface area contributed by atoms with Crippen molar-refractivity contribution in [1.82, 2.24) is 10.2 Å². The van der Waals surface area contributed by atoms with Gasteiger partial charge in [-0.3, -0.25) is 0 Å². The highest BCUT2D eigenvalue weighted by Crippen LogP contribution is 2.12. The van der Waals surface area contributed by atoms with E-state index in [4.69, 9.17) is 10.5 Å². The topological polar surface area (TPSA) is 93.9 Å². The number of hydrogen-bond donors (Lipinski definition) is 2. The SMILES string of the molecule is COC(=O)N1CCC(N)C(NC(=O)OC(C)(C)C)C1. The van der Waals surface area contributed by atoms with Crippen LogP contribution in [0, 0.1) is 0 Å². The van der Waals surface area contributed by atoms with Crippen molar-refractivity contribution in [3.63, 3.8) is 0 Å². The summed E-state index contributed by atoms with van der Waals surface area (Å²) in [7, 11) is 1.33. The van der Waals surface area contributed by atoms with E-state index in [1.807, 2.05) is 0 Å². The molecular formula is C12H23N3O4. The Labute approximate surface area is 113 Å². The van der Waals surface area contributed by atoms with E-state index in [0.29, 0.717) is 19.5 Å². The van der Waals surface area contributed by atoms with E-state index in [2.05, 4.69) is 10.1 Å². The van der Waals surface area contributed by atoms with Gasteiger partial charge in [-0.1, -0.05) is 0 Å². The smallest absolute Gasteiger partial charge is 0.409 e. The first kappa shape index (κ1) is 15.6. The average molecular weight is 273 g/mol. The van der Waals surface area contributed by atoms with Crippen molar-refractivity contribution in [3.8, 4) is 0 Å². The molecule has 0 aromatic rings. The normalized spacial score (nSPS) is 23.7. The van der Waals surface area contributed by atoms with Crippen LogP contribution in [0.4, 0.5) is 9.59 Å². The summed E-state index contributed by atoms with van der Waals surface area (Å²) in [4.78, 5) is 24.7. The molecule has 2 unspecified atom stereocenters. The Morgan fingerprint density at radius 3 is 2.53 bits per heavy atom. The molecule has 7 heteroatoms. The molecule has 1 saturated heterocycles. The van der Waals surface area contributed by atoms with E-state index in [-0.39, 0.29) is 12.1 Å². The molecule has 7 nitrogen and oxygen atoms in total. The van der Waals surface area contributed by atoms with Crippen LogP contribution in [-0.4, -0.2) is 55.0 Å². The maximum absolute atomic E-state index is 11.7. The fourth-order valence-electron chi connectivity index (χ4n) is 1.88. The lowest BCUT2D eigenvalue weighted by Gasteiger charge is -2.36. The minimum atomic E-state index is -0.565. The van der Waals surface area contributed by atoms with Gasteiger partial charge in [-0.2, -0.15) is 0 Å². The van der Waals surface area contributed by atoms with Crippen LogP contribution >= 0.6 is 0 Å². The second kappa shape index (κ2) is 6.10. The molecule has 0 aromatic carbocycles. The van der Waals surface area contributed by atoms with Crippen molar-refractivity contribution in [2.45, 2.75) is 44.9 Å². The number of alkyl carbamates (subject to hydrolysis) is 1. The third-order valence-electron chi connectivity index (χ3n) is 2.80. The summed E-state index contributed by atoms with van der Waals surface area (Å²) in [5, 5.41) is 2.70. The van der Waals surface area contributed by atoms with E-state index >= 15 is 0 Å². The Balaban J connectivity index is 2.55. The van der Waals surface area contributed by atoms with Crippen molar-refractivity contribution in [2.75, 3.05) is 20.2 Å². The van der Waals surface area contributed by atoms with Crippen LogP contribution in [0.25, 0.3) is 0 Å². The molecule has 3 N–H and O–H groups in total. The fraction of sp³-hybridized carbons (Fsp3) is 0.833. The summed E-state index contributed by atoms with van der Waals surface area (Å²) >= 11 is 0. The number of carbonyl (C=O) groups excluding carboxylic acids is 2. The minimum absolute atomic E-state index is 0.201. The van der Waals surface area contributed by atoms with Crippen molar-refractivity contribution < 1.29 is 19.1 Å². The van der Waals surface area contributed by atoms with Crippen molar-refractivity contribution in [2.24, 2.45) is 5.73 Å². The third kappa shape index (κ3) is 4.94. The molecule has 1 aliphatic rings. The van der Waals surface area contributed by atoms with E-state index in [9.17, 15) is 9.59 Å². The summed E-state index contributed by atoms with van der Waals surface area (Å²) in [6, 6.07) is -0.531. The number of hydrogen-bond acceptors (Lipinski definition) is 5. The molecule has 0 saturated carbocycles. The highest BCUT2D eigenvalue weighted by molar-refractivity contribution is 5.69. The summed E-state index contributed by atoms with van der Waals surface area (Å²) in [5.74, 6) is 0. The molecule has 1 aliphatic heterocycles. The van der Waals surface area contributed by atoms with Crippen LogP contribution in [0.1, 0.15) is 27.2 Å². The second-order valence-corrected chi connectivity index (χ2v) is 5.62. The number of carbonyl (C=O) groups is 2. The lowest BCUT2D eigenvalue weighted by Crippen LogP contribution is -2.59. The van der Waals surface area contributed by atoms with Crippen LogP contribution < -0.4 is 11.1 Å². The molecule has 110 valence electrons. The molecule has 0 spiro atoms. The molecule has 2 atom stereocenters. The molecular weight excluding hydrogens is 250 g/mol. The predicted molar refractivity (Wildman–Crippen MR) is 69.7 cm³/mol. The number of methoxy groups -OCH3 is 1. The van der Waals surface area contributed by atoms with E-state index in [1.54, 1.807) is 20.8 Å². The predicted octanol–water partition coefficient (Wildman–Crippen LogP) is 0.679. The molecule has 1 fully saturated rings. The fourth-order valence-corrected chi connectivity index (χ4v) is 1.88. The quantitative estimate of drug-likeness (QED) is 0.732. The number of nitrogens with zero attached hydrogens (tertiary/aromatic N) is 1.